The standard InChI is InChI=1S/2C10H15N.2ClH.Mo/c2*11-10-8-2-6-1-7(4-8)5-9(10)3-6;;;/h2*6-10H,1-5H2;2*1H;/q;;;;+2/p-2. The van der Waals surface area contributed by atoms with Crippen molar-refractivity contribution in [3.05, 3.63) is 0 Å². The number of rotatable bonds is 2. The van der Waals surface area contributed by atoms with E-state index in [-0.39, 0.29) is 0 Å². The van der Waals surface area contributed by atoms with Gasteiger partial charge in [0, 0.05) is 0 Å². The van der Waals surface area contributed by atoms with Crippen LogP contribution in [0.5, 0.6) is 0 Å². The van der Waals surface area contributed by atoms with Crippen molar-refractivity contribution in [1.82, 2.24) is 0 Å². The maximum atomic E-state index is 6.94. The minimum absolute atomic E-state index is 0.463. The third kappa shape index (κ3) is 2.91. The van der Waals surface area contributed by atoms with Crippen molar-refractivity contribution in [2.24, 2.45) is 54.3 Å². The van der Waals surface area contributed by atoms with Gasteiger partial charge in [0.2, 0.25) is 0 Å². The first-order chi connectivity index (χ1) is 12.0. The van der Waals surface area contributed by atoms with Crippen LogP contribution in [-0.4, -0.2) is 12.1 Å². The van der Waals surface area contributed by atoms with Crippen LogP contribution in [-0.2, 0) is 13.6 Å². The summed E-state index contributed by atoms with van der Waals surface area (Å²) in [6, 6.07) is 0.925. The summed E-state index contributed by atoms with van der Waals surface area (Å²) in [5.41, 5.74) is 0. The molecule has 0 radical (unpaired) electrons. The van der Waals surface area contributed by atoms with E-state index < -0.39 is 13.6 Å². The number of hydrogen-bond donors (Lipinski definition) is 0. The fourth-order valence-electron chi connectivity index (χ4n) is 8.46. The molecule has 5 heteroatoms. The van der Waals surface area contributed by atoms with Gasteiger partial charge in [-0.3, -0.25) is 0 Å². The molecule has 0 aromatic rings. The summed E-state index contributed by atoms with van der Waals surface area (Å²) < 4.78 is 10.4. The van der Waals surface area contributed by atoms with Gasteiger partial charge in [-0.1, -0.05) is 0 Å². The molecule has 0 heterocycles. The van der Waals surface area contributed by atoms with Gasteiger partial charge in [0.15, 0.2) is 0 Å². The second kappa shape index (κ2) is 5.93. The topological polar surface area (TPSA) is 24.7 Å². The molecule has 0 amide bonds. The molecule has 8 fully saturated rings. The van der Waals surface area contributed by atoms with Crippen LogP contribution < -0.4 is 0 Å². The van der Waals surface area contributed by atoms with E-state index in [1.165, 1.54) is 64.2 Å². The minimum atomic E-state index is -3.43. The summed E-state index contributed by atoms with van der Waals surface area (Å²) in [7, 11) is 13.9. The molecule has 140 valence electrons. The number of hydrogen-bond acceptors (Lipinski definition) is 2. The van der Waals surface area contributed by atoms with Gasteiger partial charge in [0.05, 0.1) is 0 Å². The Hall–Kier alpha value is 0.868. The SMILES string of the molecule is [Cl][Mo]([Cl])(=[N]C1C2CC3CC(C2)CC1C3)=[N]C1C2CC3CC(C2)CC1C3. The third-order valence-corrected chi connectivity index (χ3v) is 13.2. The predicted octanol–water partition coefficient (Wildman–Crippen LogP) is 6.46. The molecule has 2 nitrogen and oxygen atoms in total. The molecule has 0 spiro atoms. The quantitative estimate of drug-likeness (QED) is 0.418. The van der Waals surface area contributed by atoms with Crippen molar-refractivity contribution in [1.29, 1.82) is 0 Å². The molecule has 8 bridgehead atoms. The summed E-state index contributed by atoms with van der Waals surface area (Å²) in [4.78, 5) is 0. The Morgan fingerprint density at radius 2 is 0.760 bits per heavy atom. The Morgan fingerprint density at radius 3 is 1.04 bits per heavy atom. The predicted molar refractivity (Wildman–Crippen MR) is 98.2 cm³/mol. The van der Waals surface area contributed by atoms with Crippen LogP contribution in [0.4, 0.5) is 0 Å². The van der Waals surface area contributed by atoms with E-state index in [9.17, 15) is 0 Å². The molecule has 0 unspecified atom stereocenters. The van der Waals surface area contributed by atoms with Crippen molar-refractivity contribution in [2.75, 3.05) is 0 Å². The van der Waals surface area contributed by atoms with Gasteiger partial charge in [0.1, 0.15) is 0 Å². The Kier molecular flexibility index (Phi) is 3.98. The first kappa shape index (κ1) is 16.8. The van der Waals surface area contributed by atoms with Gasteiger partial charge in [-0.05, 0) is 0 Å². The molecule has 0 saturated heterocycles. The van der Waals surface area contributed by atoms with Gasteiger partial charge in [0.25, 0.3) is 0 Å². The second-order valence-corrected chi connectivity index (χ2v) is 19.6. The van der Waals surface area contributed by atoms with Crippen molar-refractivity contribution in [2.45, 2.75) is 76.3 Å². The molecule has 0 aromatic carbocycles. The van der Waals surface area contributed by atoms with E-state index >= 15 is 0 Å². The summed E-state index contributed by atoms with van der Waals surface area (Å²) >= 11 is -3.43. The van der Waals surface area contributed by atoms with Gasteiger partial charge in [-0.15, -0.1) is 0 Å². The zero-order valence-electron chi connectivity index (χ0n) is 14.9. The fourth-order valence-corrected chi connectivity index (χ4v) is 13.9. The van der Waals surface area contributed by atoms with Gasteiger partial charge >= 0.3 is 163 Å². The Labute approximate surface area is 162 Å². The van der Waals surface area contributed by atoms with Gasteiger partial charge in [-0.25, -0.2) is 0 Å². The van der Waals surface area contributed by atoms with E-state index in [2.05, 4.69) is 0 Å². The van der Waals surface area contributed by atoms with Crippen molar-refractivity contribution in [3.8, 4) is 0 Å². The summed E-state index contributed by atoms with van der Waals surface area (Å²) in [6.07, 6.45) is 14.1. The molecule has 0 atom stereocenters. The van der Waals surface area contributed by atoms with E-state index in [0.29, 0.717) is 12.1 Å². The average molecular weight is 465 g/mol. The van der Waals surface area contributed by atoms with Gasteiger partial charge < -0.3 is 0 Å². The molecule has 8 rings (SSSR count). The van der Waals surface area contributed by atoms with Crippen LogP contribution >= 0.6 is 18.8 Å². The molecular weight excluding hydrogens is 435 g/mol. The summed E-state index contributed by atoms with van der Waals surface area (Å²) in [6.45, 7) is 0. The fraction of sp³-hybridized carbons (Fsp3) is 1.00. The van der Waals surface area contributed by atoms with Gasteiger partial charge in [-0.2, -0.15) is 0 Å². The van der Waals surface area contributed by atoms with Crippen LogP contribution in [0, 0.1) is 47.3 Å². The van der Waals surface area contributed by atoms with Crippen LogP contribution in [0.3, 0.4) is 0 Å². The van der Waals surface area contributed by atoms with E-state index in [4.69, 9.17) is 25.8 Å². The number of halogens is 2. The van der Waals surface area contributed by atoms with Crippen LogP contribution in [0.25, 0.3) is 0 Å². The van der Waals surface area contributed by atoms with E-state index in [0.717, 1.165) is 47.3 Å². The van der Waals surface area contributed by atoms with Crippen molar-refractivity contribution in [3.63, 3.8) is 0 Å². The van der Waals surface area contributed by atoms with E-state index in [1.807, 2.05) is 0 Å². The molecule has 8 saturated carbocycles. The maximum absolute atomic E-state index is 6.94. The zero-order chi connectivity index (χ0) is 16.8. The van der Waals surface area contributed by atoms with Crippen LogP contribution in [0.1, 0.15) is 64.2 Å². The van der Waals surface area contributed by atoms with Crippen LogP contribution in [0.2, 0.25) is 0 Å². The van der Waals surface area contributed by atoms with Crippen LogP contribution in [0.15, 0.2) is 6.99 Å². The molecule has 0 aliphatic heterocycles. The molecule has 25 heavy (non-hydrogen) atoms. The van der Waals surface area contributed by atoms with E-state index in [1.54, 1.807) is 0 Å². The second-order valence-electron chi connectivity index (χ2n) is 10.5. The Morgan fingerprint density at radius 1 is 0.480 bits per heavy atom. The molecule has 8 aliphatic carbocycles. The monoisotopic (exact) mass is 466 g/mol. The molecule has 0 N–H and O–H groups in total. The first-order valence-electron chi connectivity index (χ1n) is 10.7. The zero-order valence-corrected chi connectivity index (χ0v) is 18.4. The Balaban J connectivity index is 1.30. The number of nitrogens with zero attached hydrogens (tertiary/aromatic N) is 2. The molecule has 0 aromatic heterocycles. The normalized spacial score (nSPS) is 55.6. The third-order valence-electron chi connectivity index (χ3n) is 8.85. The Bertz CT molecular complexity index is 578. The average Bonchev–Trinajstić information content (AvgIpc) is 2.53. The van der Waals surface area contributed by atoms with Crippen molar-refractivity contribution < 1.29 is 13.6 Å². The molecular formula is C20H30Cl2MoN2. The summed E-state index contributed by atoms with van der Waals surface area (Å²) in [5, 5.41) is 0. The van der Waals surface area contributed by atoms with Crippen molar-refractivity contribution >= 4 is 18.8 Å². The first-order valence-corrected chi connectivity index (χ1v) is 17.7. The molecule has 8 aliphatic rings. The summed E-state index contributed by atoms with van der Waals surface area (Å²) in [5.74, 6) is 7.10.